The zero-order valence-corrected chi connectivity index (χ0v) is 22.6. The molecule has 0 amide bonds. The minimum absolute atomic E-state index is 0.721. The number of H-pyrrole nitrogens is 1. The molecule has 0 radical (unpaired) electrons. The zero-order valence-electron chi connectivity index (χ0n) is 22.6. The molecule has 39 heavy (non-hydrogen) atoms. The summed E-state index contributed by atoms with van der Waals surface area (Å²) in [5.41, 5.74) is 10.4. The number of aromatic amines is 1. The molecule has 1 aromatic carbocycles. The average molecular weight is 516 g/mol. The van der Waals surface area contributed by atoms with Crippen LogP contribution in [-0.2, 0) is 6.54 Å². The number of nitrogens with one attached hydrogen (secondary N) is 1. The maximum absolute atomic E-state index is 5.07. The second-order valence-electron chi connectivity index (χ2n) is 10.2. The van der Waals surface area contributed by atoms with Gasteiger partial charge in [0.25, 0.3) is 0 Å². The van der Waals surface area contributed by atoms with Crippen LogP contribution in [0.4, 0.5) is 0 Å². The van der Waals surface area contributed by atoms with E-state index in [2.05, 4.69) is 62.9 Å². The molecule has 4 aromatic heterocycles. The first-order valence-electron chi connectivity index (χ1n) is 13.8. The van der Waals surface area contributed by atoms with Crippen molar-refractivity contribution in [3.05, 3.63) is 96.1 Å². The highest BCUT2D eigenvalue weighted by Crippen LogP contribution is 2.29. The molecule has 7 heteroatoms. The summed E-state index contributed by atoms with van der Waals surface area (Å²) in [6.45, 7) is 8.30. The fourth-order valence-corrected chi connectivity index (χ4v) is 5.29. The number of fused-ring (bicyclic) bond motifs is 1. The van der Waals surface area contributed by atoms with Gasteiger partial charge >= 0.3 is 0 Å². The molecule has 1 aliphatic heterocycles. The standard InChI is InChI=1S/C32H33N7/c1-3-10-36-31(32-37-29-20-35-19-28(30(29)38-32)24-8-11-33-12-9-24)27-16-25(7-6-22(27)2)26-15-23(17-34-18-26)21-39-13-4-5-14-39/h6-9,11-12,15-20H,3-5,10,13-14,21H2,1-2H3,(H,37,38). The van der Waals surface area contributed by atoms with Gasteiger partial charge in [-0.3, -0.25) is 24.8 Å². The Kier molecular flexibility index (Phi) is 7.23. The summed E-state index contributed by atoms with van der Waals surface area (Å²) in [6.07, 6.45) is 14.8. The van der Waals surface area contributed by atoms with E-state index in [0.29, 0.717) is 0 Å². The largest absolute Gasteiger partial charge is 0.335 e. The molecule has 196 valence electrons. The number of aromatic nitrogens is 5. The monoisotopic (exact) mass is 515 g/mol. The van der Waals surface area contributed by atoms with Crippen LogP contribution in [0.5, 0.6) is 0 Å². The third-order valence-electron chi connectivity index (χ3n) is 7.33. The Balaban J connectivity index is 1.40. The van der Waals surface area contributed by atoms with Crippen LogP contribution in [0, 0.1) is 6.92 Å². The van der Waals surface area contributed by atoms with Crippen molar-refractivity contribution in [2.75, 3.05) is 19.6 Å². The molecule has 1 aliphatic rings. The molecule has 5 aromatic rings. The Labute approximate surface area is 229 Å². The molecule has 0 aliphatic carbocycles. The summed E-state index contributed by atoms with van der Waals surface area (Å²) in [5.74, 6) is 0.753. The van der Waals surface area contributed by atoms with Crippen molar-refractivity contribution in [3.63, 3.8) is 0 Å². The fraction of sp³-hybridized carbons (Fsp3) is 0.281. The van der Waals surface area contributed by atoms with E-state index in [1.54, 1.807) is 12.4 Å². The molecule has 7 nitrogen and oxygen atoms in total. The summed E-state index contributed by atoms with van der Waals surface area (Å²) in [5, 5.41) is 0. The summed E-state index contributed by atoms with van der Waals surface area (Å²) < 4.78 is 0. The van der Waals surface area contributed by atoms with E-state index in [1.165, 1.54) is 31.5 Å². The molecule has 1 N–H and O–H groups in total. The highest BCUT2D eigenvalue weighted by molar-refractivity contribution is 6.13. The molecule has 5 heterocycles. The Bertz CT molecular complexity index is 1610. The molecule has 0 spiro atoms. The minimum Gasteiger partial charge on any atom is -0.335 e. The lowest BCUT2D eigenvalue weighted by molar-refractivity contribution is 0.331. The van der Waals surface area contributed by atoms with Gasteiger partial charge in [0, 0.05) is 60.8 Å². The highest BCUT2D eigenvalue weighted by atomic mass is 15.1. The van der Waals surface area contributed by atoms with Gasteiger partial charge in [0.1, 0.15) is 5.71 Å². The van der Waals surface area contributed by atoms with Crippen molar-refractivity contribution < 1.29 is 0 Å². The number of hydrogen-bond acceptors (Lipinski definition) is 6. The van der Waals surface area contributed by atoms with Gasteiger partial charge in [-0.2, -0.15) is 0 Å². The van der Waals surface area contributed by atoms with Crippen molar-refractivity contribution in [1.82, 2.24) is 29.8 Å². The van der Waals surface area contributed by atoms with Gasteiger partial charge in [-0.05, 0) is 85.8 Å². The molecule has 0 atom stereocenters. The van der Waals surface area contributed by atoms with Gasteiger partial charge in [-0.1, -0.05) is 19.1 Å². The zero-order chi connectivity index (χ0) is 26.6. The second-order valence-corrected chi connectivity index (χ2v) is 10.2. The Morgan fingerprint density at radius 3 is 2.54 bits per heavy atom. The molecular weight excluding hydrogens is 482 g/mol. The van der Waals surface area contributed by atoms with Gasteiger partial charge in [0.05, 0.1) is 17.2 Å². The summed E-state index contributed by atoms with van der Waals surface area (Å²) in [4.78, 5) is 29.3. The Morgan fingerprint density at radius 1 is 0.897 bits per heavy atom. The third kappa shape index (κ3) is 5.36. The maximum atomic E-state index is 5.07. The van der Waals surface area contributed by atoms with Crippen molar-refractivity contribution in [2.45, 2.75) is 39.7 Å². The van der Waals surface area contributed by atoms with Crippen LogP contribution in [0.1, 0.15) is 48.7 Å². The lowest BCUT2D eigenvalue weighted by Gasteiger charge is -2.15. The van der Waals surface area contributed by atoms with Crippen LogP contribution in [0.3, 0.4) is 0 Å². The van der Waals surface area contributed by atoms with E-state index in [0.717, 1.165) is 75.5 Å². The van der Waals surface area contributed by atoms with Crippen molar-refractivity contribution in [3.8, 4) is 22.3 Å². The first kappa shape index (κ1) is 25.1. The predicted octanol–water partition coefficient (Wildman–Crippen LogP) is 6.23. The van der Waals surface area contributed by atoms with E-state index in [9.17, 15) is 0 Å². The van der Waals surface area contributed by atoms with Gasteiger partial charge < -0.3 is 4.98 Å². The lowest BCUT2D eigenvalue weighted by atomic mass is 9.96. The van der Waals surface area contributed by atoms with E-state index in [-0.39, 0.29) is 0 Å². The van der Waals surface area contributed by atoms with E-state index in [1.807, 2.05) is 36.9 Å². The lowest BCUT2D eigenvalue weighted by Crippen LogP contribution is -2.18. The molecule has 0 saturated carbocycles. The molecule has 6 rings (SSSR count). The van der Waals surface area contributed by atoms with Crippen LogP contribution in [0.25, 0.3) is 33.3 Å². The number of aryl methyl sites for hydroxylation is 1. The van der Waals surface area contributed by atoms with Crippen molar-refractivity contribution in [2.24, 2.45) is 4.99 Å². The fourth-order valence-electron chi connectivity index (χ4n) is 5.29. The van der Waals surface area contributed by atoms with Crippen LogP contribution in [0.2, 0.25) is 0 Å². The van der Waals surface area contributed by atoms with E-state index < -0.39 is 0 Å². The van der Waals surface area contributed by atoms with Gasteiger partial charge in [0.15, 0.2) is 5.82 Å². The number of likely N-dealkylation sites (tertiary alicyclic amines) is 1. The summed E-state index contributed by atoms with van der Waals surface area (Å²) >= 11 is 0. The number of pyridine rings is 3. The molecule has 0 bridgehead atoms. The summed E-state index contributed by atoms with van der Waals surface area (Å²) in [6, 6.07) is 12.8. The number of imidazole rings is 1. The van der Waals surface area contributed by atoms with Crippen LogP contribution in [-0.4, -0.2) is 55.2 Å². The number of aliphatic imine (C=N–C) groups is 1. The van der Waals surface area contributed by atoms with E-state index >= 15 is 0 Å². The maximum Gasteiger partial charge on any atom is 0.157 e. The normalized spacial score (nSPS) is 14.4. The number of nitrogens with zero attached hydrogens (tertiary/aromatic N) is 6. The number of hydrogen-bond donors (Lipinski definition) is 1. The van der Waals surface area contributed by atoms with Gasteiger partial charge in [0.2, 0.25) is 0 Å². The third-order valence-corrected chi connectivity index (χ3v) is 7.33. The van der Waals surface area contributed by atoms with Crippen LogP contribution >= 0.6 is 0 Å². The Hall–Kier alpha value is -4.23. The topological polar surface area (TPSA) is 82.9 Å². The highest BCUT2D eigenvalue weighted by Gasteiger charge is 2.18. The van der Waals surface area contributed by atoms with Crippen molar-refractivity contribution >= 4 is 16.7 Å². The quantitative estimate of drug-likeness (QED) is 0.248. The molecular formula is C32H33N7. The average Bonchev–Trinajstić information content (AvgIpc) is 3.65. The van der Waals surface area contributed by atoms with Gasteiger partial charge in [-0.15, -0.1) is 0 Å². The molecule has 1 saturated heterocycles. The van der Waals surface area contributed by atoms with Gasteiger partial charge in [-0.25, -0.2) is 4.98 Å². The SMILES string of the molecule is CCCN=C(c1nc2c(-c3ccncc3)cncc2[nH]1)c1cc(-c2cncc(CN3CCCC3)c2)ccc1C. The Morgan fingerprint density at radius 2 is 1.72 bits per heavy atom. The first-order chi connectivity index (χ1) is 19.2. The number of benzene rings is 1. The smallest absolute Gasteiger partial charge is 0.157 e. The minimum atomic E-state index is 0.721. The molecule has 1 fully saturated rings. The van der Waals surface area contributed by atoms with Crippen LogP contribution in [0.15, 0.2) is 78.6 Å². The predicted molar refractivity (Wildman–Crippen MR) is 157 cm³/mol. The first-order valence-corrected chi connectivity index (χ1v) is 13.8. The summed E-state index contributed by atoms with van der Waals surface area (Å²) in [7, 11) is 0. The number of rotatable bonds is 8. The molecule has 0 unspecified atom stereocenters. The second kappa shape index (κ2) is 11.3. The van der Waals surface area contributed by atoms with Crippen LogP contribution < -0.4 is 0 Å². The van der Waals surface area contributed by atoms with E-state index in [4.69, 9.17) is 9.98 Å². The van der Waals surface area contributed by atoms with Crippen molar-refractivity contribution in [1.29, 1.82) is 0 Å².